The smallest absolute Gasteiger partial charge is 0.306 e. The Morgan fingerprint density at radius 3 is 1.88 bits per heavy atom. The number of nitrogens with zero attached hydrogens (tertiary/aromatic N) is 1. The first-order valence-electron chi connectivity index (χ1n) is 21.8. The normalized spacial score (nSPS) is 15.0. The average Bonchev–Trinajstić information content (AvgIpc) is 3.14. The summed E-state index contributed by atoms with van der Waals surface area (Å²) in [5, 5.41) is 10.0. The maximum atomic E-state index is 12.6. The highest BCUT2D eigenvalue weighted by Gasteiger charge is 2.20. The molecule has 10 heteroatoms. The number of carbonyl (C=O) groups is 1. The Bertz CT molecular complexity index is 1140. The van der Waals surface area contributed by atoms with Crippen molar-refractivity contribution in [2.24, 2.45) is 0 Å². The molecule has 3 unspecified atom stereocenters. The summed E-state index contributed by atoms with van der Waals surface area (Å²) in [4.78, 5) is 25.0. The molecule has 56 heavy (non-hydrogen) atoms. The molecule has 0 saturated heterocycles. The lowest BCUT2D eigenvalue weighted by molar-refractivity contribution is -0.870. The molecule has 0 radical (unpaired) electrons. The van der Waals surface area contributed by atoms with Crippen LogP contribution in [0.5, 0.6) is 0 Å². The Labute approximate surface area is 343 Å². The highest BCUT2D eigenvalue weighted by molar-refractivity contribution is 7.45. The molecule has 1 N–H and O–H groups in total. The van der Waals surface area contributed by atoms with Gasteiger partial charge in [-0.3, -0.25) is 9.36 Å². The number of carbonyl (C=O) groups excluding carboxylic acids is 1. The van der Waals surface area contributed by atoms with Crippen LogP contribution in [-0.2, 0) is 27.9 Å². The number of quaternary nitrogens is 1. The molecule has 0 aromatic heterocycles. The summed E-state index contributed by atoms with van der Waals surface area (Å²) in [6.07, 6.45) is 46.2. The number of phosphoric acid groups is 1. The number of phosphoric ester groups is 1. The first-order valence-corrected chi connectivity index (χ1v) is 23.3. The monoisotopic (exact) mass is 808 g/mol. The summed E-state index contributed by atoms with van der Waals surface area (Å²) in [6, 6.07) is 0. The zero-order valence-electron chi connectivity index (χ0n) is 36.2. The van der Waals surface area contributed by atoms with E-state index in [1.54, 1.807) is 12.3 Å². The van der Waals surface area contributed by atoms with Gasteiger partial charge >= 0.3 is 5.97 Å². The van der Waals surface area contributed by atoms with Crippen molar-refractivity contribution in [2.75, 3.05) is 47.5 Å². The number of aliphatic hydroxyl groups excluding tert-OH is 1. The third-order valence-electron chi connectivity index (χ3n) is 8.91. The Kier molecular flexibility index (Phi) is 36.7. The second-order valence-corrected chi connectivity index (χ2v) is 17.0. The summed E-state index contributed by atoms with van der Waals surface area (Å²) in [6.45, 7) is 4.49. The molecular formula is C46H82NO8P. The van der Waals surface area contributed by atoms with Gasteiger partial charge in [0.15, 0.2) is 6.10 Å². The molecule has 0 bridgehead atoms. The van der Waals surface area contributed by atoms with Crippen LogP contribution in [-0.4, -0.2) is 75.3 Å². The number of ether oxygens (including phenoxy) is 2. The van der Waals surface area contributed by atoms with E-state index in [2.05, 4.69) is 32.1 Å². The fourth-order valence-electron chi connectivity index (χ4n) is 5.46. The third kappa shape index (κ3) is 41.4. The zero-order valence-corrected chi connectivity index (χ0v) is 37.1. The second kappa shape index (κ2) is 38.3. The molecule has 3 atom stereocenters. The van der Waals surface area contributed by atoms with E-state index in [9.17, 15) is 19.4 Å². The molecule has 0 heterocycles. The lowest BCUT2D eigenvalue weighted by Gasteiger charge is -2.28. The van der Waals surface area contributed by atoms with Gasteiger partial charge in [-0.1, -0.05) is 152 Å². The maximum Gasteiger partial charge on any atom is 0.306 e. The van der Waals surface area contributed by atoms with Crippen LogP contribution in [0.3, 0.4) is 0 Å². The van der Waals surface area contributed by atoms with Crippen LogP contribution in [0.15, 0.2) is 73.1 Å². The van der Waals surface area contributed by atoms with Gasteiger partial charge in [0.1, 0.15) is 19.8 Å². The predicted octanol–water partition coefficient (Wildman–Crippen LogP) is 11.4. The summed E-state index contributed by atoms with van der Waals surface area (Å²) in [7, 11) is 1.23. The van der Waals surface area contributed by atoms with E-state index >= 15 is 0 Å². The van der Waals surface area contributed by atoms with Gasteiger partial charge in [0, 0.05) is 6.42 Å². The van der Waals surface area contributed by atoms with Crippen LogP contribution < -0.4 is 4.89 Å². The van der Waals surface area contributed by atoms with Crippen molar-refractivity contribution in [3.8, 4) is 0 Å². The summed E-state index contributed by atoms with van der Waals surface area (Å²) in [5.74, 6) is -0.448. The fraction of sp³-hybridized carbons (Fsp3) is 0.717. The standard InChI is InChI=1S/C46H82NO8P/c1-6-8-10-12-14-15-16-17-18-19-20-21-24-27-31-35-40-52-42-45(43-54-56(50,51)53-41-39-47(3,4)5)55-46(49)38-34-30-26-23-22-25-29-33-37-44(48)36-32-28-13-11-9-7-2/h23-29,32-33,35,37,40,44-45,48H,6-22,30-31,34,36,38-39,41-43H2,1-5H3/b26-23-,27-24-,29-25-,32-28-,37-33+,40-35-. The van der Waals surface area contributed by atoms with Crippen molar-refractivity contribution in [3.05, 3.63) is 73.1 Å². The summed E-state index contributed by atoms with van der Waals surface area (Å²) < 4.78 is 34.1. The quantitative estimate of drug-likeness (QED) is 0.0124. The van der Waals surface area contributed by atoms with Gasteiger partial charge in [-0.25, -0.2) is 0 Å². The van der Waals surface area contributed by atoms with Crippen molar-refractivity contribution >= 4 is 13.8 Å². The Morgan fingerprint density at radius 2 is 1.23 bits per heavy atom. The number of allylic oxidation sites excluding steroid dienone is 9. The molecule has 9 nitrogen and oxygen atoms in total. The van der Waals surface area contributed by atoms with E-state index < -0.39 is 32.6 Å². The zero-order chi connectivity index (χ0) is 41.4. The Hall–Kier alpha value is -2.26. The highest BCUT2D eigenvalue weighted by Crippen LogP contribution is 2.38. The minimum Gasteiger partial charge on any atom is -0.756 e. The second-order valence-electron chi connectivity index (χ2n) is 15.6. The third-order valence-corrected chi connectivity index (χ3v) is 9.87. The van der Waals surface area contributed by atoms with Crippen molar-refractivity contribution in [1.82, 2.24) is 0 Å². The Morgan fingerprint density at radius 1 is 0.679 bits per heavy atom. The molecule has 0 aliphatic heterocycles. The van der Waals surface area contributed by atoms with Gasteiger partial charge in [-0.05, 0) is 63.9 Å². The summed E-state index contributed by atoms with van der Waals surface area (Å²) in [5.41, 5.74) is 0. The van der Waals surface area contributed by atoms with Crippen LogP contribution in [0.4, 0.5) is 0 Å². The van der Waals surface area contributed by atoms with Crippen LogP contribution in [0.2, 0.25) is 0 Å². The number of rotatable bonds is 39. The number of unbranched alkanes of at least 4 members (excludes halogenated alkanes) is 15. The highest BCUT2D eigenvalue weighted by atomic mass is 31.2. The molecule has 0 aliphatic rings. The minimum atomic E-state index is -4.58. The van der Waals surface area contributed by atoms with Gasteiger partial charge in [0.25, 0.3) is 7.82 Å². The molecule has 0 aliphatic carbocycles. The maximum absolute atomic E-state index is 12.6. The van der Waals surface area contributed by atoms with Crippen LogP contribution in [0.25, 0.3) is 0 Å². The first kappa shape index (κ1) is 53.7. The first-order chi connectivity index (χ1) is 27.0. The lowest BCUT2D eigenvalue weighted by Crippen LogP contribution is -2.37. The minimum absolute atomic E-state index is 0.0129. The number of hydrogen-bond acceptors (Lipinski definition) is 8. The largest absolute Gasteiger partial charge is 0.756 e. The number of aliphatic hydroxyl groups is 1. The molecule has 0 aromatic carbocycles. The van der Waals surface area contributed by atoms with Crippen molar-refractivity contribution in [2.45, 2.75) is 167 Å². The van der Waals surface area contributed by atoms with E-state index in [-0.39, 0.29) is 19.6 Å². The van der Waals surface area contributed by atoms with Crippen molar-refractivity contribution < 1.29 is 42.4 Å². The van der Waals surface area contributed by atoms with Crippen molar-refractivity contribution in [3.63, 3.8) is 0 Å². The predicted molar refractivity (Wildman–Crippen MR) is 232 cm³/mol. The van der Waals surface area contributed by atoms with Gasteiger partial charge in [0.2, 0.25) is 0 Å². The summed E-state index contributed by atoms with van der Waals surface area (Å²) >= 11 is 0. The van der Waals surface area contributed by atoms with Gasteiger partial charge < -0.3 is 33.0 Å². The number of esters is 1. The van der Waals surface area contributed by atoms with Gasteiger partial charge in [-0.2, -0.15) is 0 Å². The molecule has 0 saturated carbocycles. The van der Waals surface area contributed by atoms with E-state index in [0.29, 0.717) is 30.3 Å². The molecule has 324 valence electrons. The fourth-order valence-corrected chi connectivity index (χ4v) is 6.18. The number of likely N-dealkylation sites (N-methyl/N-ethyl adjacent to an activating group) is 1. The van der Waals surface area contributed by atoms with Gasteiger partial charge in [-0.15, -0.1) is 0 Å². The molecular weight excluding hydrogens is 725 g/mol. The van der Waals surface area contributed by atoms with Gasteiger partial charge in [0.05, 0.1) is 40.1 Å². The topological polar surface area (TPSA) is 114 Å². The number of hydrogen-bond donors (Lipinski definition) is 1. The Balaban J connectivity index is 4.52. The molecule has 0 spiro atoms. The van der Waals surface area contributed by atoms with E-state index in [4.69, 9.17) is 18.5 Å². The SMILES string of the molecule is CCCCC/C=C\CC(O)/C=C/C=C\C/C=C\CCCC(=O)OC(CO/C=C\C/C=C\CCCCCCCCCCCCC)COP(=O)([O-])OCC[N+](C)(C)C. The molecule has 0 fully saturated rings. The molecule has 0 amide bonds. The molecule has 0 aromatic rings. The molecule has 0 rings (SSSR count). The van der Waals surface area contributed by atoms with E-state index in [1.165, 1.54) is 89.9 Å². The van der Waals surface area contributed by atoms with Crippen LogP contribution in [0.1, 0.15) is 155 Å². The average molecular weight is 808 g/mol. The lowest BCUT2D eigenvalue weighted by atomic mass is 10.1. The van der Waals surface area contributed by atoms with Crippen LogP contribution in [0, 0.1) is 0 Å². The van der Waals surface area contributed by atoms with E-state index in [0.717, 1.165) is 25.7 Å². The van der Waals surface area contributed by atoms with E-state index in [1.807, 2.05) is 63.7 Å². The van der Waals surface area contributed by atoms with Crippen molar-refractivity contribution in [1.29, 1.82) is 0 Å². The van der Waals surface area contributed by atoms with Crippen LogP contribution >= 0.6 is 7.82 Å².